The Balaban J connectivity index is 2.56. The number of methoxy groups -OCH3 is 2. The number of benzene rings is 1. The molecule has 0 saturated carbocycles. The monoisotopic (exact) mass is 305 g/mol. The highest BCUT2D eigenvalue weighted by atomic mass is 16.5. The van der Waals surface area contributed by atoms with E-state index in [9.17, 15) is 9.90 Å². The van der Waals surface area contributed by atoms with Crippen molar-refractivity contribution in [3.05, 3.63) is 30.2 Å². The summed E-state index contributed by atoms with van der Waals surface area (Å²) >= 11 is 0. The number of nitrogens with zero attached hydrogens (tertiary/aromatic N) is 1. The van der Waals surface area contributed by atoms with Crippen LogP contribution in [-0.4, -0.2) is 44.1 Å². The summed E-state index contributed by atoms with van der Waals surface area (Å²) in [6.07, 6.45) is 5.08. The maximum atomic E-state index is 12.5. The lowest BCUT2D eigenvalue weighted by molar-refractivity contribution is 0.0989. The number of ketones is 1. The Kier molecular flexibility index (Phi) is 4.60. The zero-order chi connectivity index (χ0) is 16.3. The van der Waals surface area contributed by atoms with Gasteiger partial charge in [0.25, 0.3) is 0 Å². The summed E-state index contributed by atoms with van der Waals surface area (Å²) in [6.45, 7) is 0. The number of Topliss-reactive ketones (excluding diaryl/α,β-unsaturated/α-hetero) is 1. The highest BCUT2D eigenvalue weighted by molar-refractivity contribution is 6.09. The number of ether oxygens (including phenoxy) is 2. The number of allylic oxidation sites excluding steroid dienone is 1. The van der Waals surface area contributed by atoms with E-state index in [2.05, 4.69) is 0 Å². The molecule has 0 radical (unpaired) electrons. The molecule has 1 N–H and O–H groups in total. The molecular weight excluding hydrogens is 286 g/mol. The molecule has 0 aliphatic heterocycles. The molecule has 6 nitrogen and oxygen atoms in total. The van der Waals surface area contributed by atoms with Gasteiger partial charge in [-0.15, -0.1) is 0 Å². The minimum atomic E-state index is -0.273. The number of phenols is 1. The Morgan fingerprint density at radius 3 is 2.59 bits per heavy atom. The minimum Gasteiger partial charge on any atom is -0.504 e. The number of hydrogen-bond acceptors (Lipinski definition) is 6. The molecule has 0 spiro atoms. The minimum absolute atomic E-state index is 0.0941. The van der Waals surface area contributed by atoms with Gasteiger partial charge in [0.15, 0.2) is 17.1 Å². The molecule has 0 saturated heterocycles. The standard InChI is InChI=1S/C16H19NO5/c1-17(2)8-5-6-11(18)12-13(19)16(21-4)15-10(7-9-22-15)14(12)20-3/h5,7-9,19H,6H2,1-4H3/b8-5+. The van der Waals surface area contributed by atoms with Gasteiger partial charge in [-0.25, -0.2) is 0 Å². The van der Waals surface area contributed by atoms with Gasteiger partial charge in [0.05, 0.1) is 25.9 Å². The summed E-state index contributed by atoms with van der Waals surface area (Å²) < 4.78 is 15.8. The average molecular weight is 305 g/mol. The quantitative estimate of drug-likeness (QED) is 0.827. The van der Waals surface area contributed by atoms with Crippen LogP contribution in [0.1, 0.15) is 16.8 Å². The number of rotatable bonds is 6. The number of carbonyl (C=O) groups is 1. The van der Waals surface area contributed by atoms with Gasteiger partial charge in [-0.3, -0.25) is 4.79 Å². The molecular formula is C16H19NO5. The lowest BCUT2D eigenvalue weighted by Crippen LogP contribution is -2.05. The van der Waals surface area contributed by atoms with Crippen molar-refractivity contribution in [2.24, 2.45) is 0 Å². The summed E-state index contributed by atoms with van der Waals surface area (Å²) in [7, 11) is 6.57. The van der Waals surface area contributed by atoms with Gasteiger partial charge < -0.3 is 23.9 Å². The van der Waals surface area contributed by atoms with Gasteiger partial charge in [-0.1, -0.05) is 6.08 Å². The van der Waals surface area contributed by atoms with Gasteiger partial charge in [0.2, 0.25) is 5.75 Å². The van der Waals surface area contributed by atoms with Crippen molar-refractivity contribution in [3.63, 3.8) is 0 Å². The van der Waals surface area contributed by atoms with E-state index in [0.29, 0.717) is 11.0 Å². The molecule has 22 heavy (non-hydrogen) atoms. The van der Waals surface area contributed by atoms with Crippen molar-refractivity contribution in [3.8, 4) is 17.2 Å². The Morgan fingerprint density at radius 2 is 2.00 bits per heavy atom. The zero-order valence-electron chi connectivity index (χ0n) is 13.0. The van der Waals surface area contributed by atoms with Crippen LogP contribution in [0.4, 0.5) is 0 Å². The molecule has 0 amide bonds. The van der Waals surface area contributed by atoms with Crippen molar-refractivity contribution >= 4 is 16.8 Å². The Labute approximate surface area is 128 Å². The smallest absolute Gasteiger partial charge is 0.205 e. The second-order valence-corrected chi connectivity index (χ2v) is 4.93. The molecule has 1 aromatic heterocycles. The van der Waals surface area contributed by atoms with E-state index in [4.69, 9.17) is 13.9 Å². The van der Waals surface area contributed by atoms with Crippen molar-refractivity contribution in [2.45, 2.75) is 6.42 Å². The molecule has 0 atom stereocenters. The van der Waals surface area contributed by atoms with E-state index in [0.717, 1.165) is 0 Å². The molecule has 0 fully saturated rings. The van der Waals surface area contributed by atoms with Crippen LogP contribution in [0.15, 0.2) is 29.0 Å². The lowest BCUT2D eigenvalue weighted by Gasteiger charge is -2.13. The second-order valence-electron chi connectivity index (χ2n) is 4.93. The van der Waals surface area contributed by atoms with Crippen LogP contribution in [-0.2, 0) is 0 Å². The van der Waals surface area contributed by atoms with Crippen LogP contribution in [0.5, 0.6) is 17.2 Å². The average Bonchev–Trinajstić information content (AvgIpc) is 2.94. The topological polar surface area (TPSA) is 72.1 Å². The third-order valence-corrected chi connectivity index (χ3v) is 3.19. The molecule has 2 aromatic rings. The lowest BCUT2D eigenvalue weighted by atomic mass is 10.0. The predicted octanol–water partition coefficient (Wildman–Crippen LogP) is 2.80. The Hall–Kier alpha value is -2.63. The normalized spacial score (nSPS) is 11.1. The molecule has 1 aromatic carbocycles. The number of carbonyl (C=O) groups excluding carboxylic acids is 1. The van der Waals surface area contributed by atoms with E-state index in [1.165, 1.54) is 20.5 Å². The maximum Gasteiger partial charge on any atom is 0.205 e. The maximum absolute atomic E-state index is 12.5. The summed E-state index contributed by atoms with van der Waals surface area (Å²) in [5, 5.41) is 11.0. The van der Waals surface area contributed by atoms with Crippen molar-refractivity contribution in [1.29, 1.82) is 0 Å². The molecule has 0 unspecified atom stereocenters. The first kappa shape index (κ1) is 15.8. The number of fused-ring (bicyclic) bond motifs is 1. The highest BCUT2D eigenvalue weighted by Crippen LogP contribution is 2.46. The van der Waals surface area contributed by atoms with E-state index in [-0.39, 0.29) is 35.0 Å². The molecule has 118 valence electrons. The summed E-state index contributed by atoms with van der Waals surface area (Å²) in [4.78, 5) is 14.3. The van der Waals surface area contributed by atoms with Crippen LogP contribution in [0.3, 0.4) is 0 Å². The number of furan rings is 1. The molecule has 2 rings (SSSR count). The van der Waals surface area contributed by atoms with Crippen molar-refractivity contribution < 1.29 is 23.8 Å². The van der Waals surface area contributed by atoms with Gasteiger partial charge >= 0.3 is 0 Å². The molecule has 0 bridgehead atoms. The van der Waals surface area contributed by atoms with Crippen LogP contribution in [0.25, 0.3) is 11.0 Å². The summed E-state index contributed by atoms with van der Waals surface area (Å²) in [5.41, 5.74) is 0.439. The first-order valence-corrected chi connectivity index (χ1v) is 6.71. The van der Waals surface area contributed by atoms with Gasteiger partial charge in [0, 0.05) is 20.5 Å². The summed E-state index contributed by atoms with van der Waals surface area (Å²) in [5.74, 6) is -0.134. The van der Waals surface area contributed by atoms with Gasteiger partial charge in [0.1, 0.15) is 11.3 Å². The molecule has 0 aliphatic carbocycles. The third kappa shape index (κ3) is 2.72. The van der Waals surface area contributed by atoms with Gasteiger partial charge in [-0.05, 0) is 12.3 Å². The SMILES string of the molecule is COc1c(C(=O)C/C=C/N(C)C)c(O)c(OC)c2occc12. The highest BCUT2D eigenvalue weighted by Gasteiger charge is 2.26. The number of hydrogen-bond donors (Lipinski definition) is 1. The molecule has 1 heterocycles. The first-order chi connectivity index (χ1) is 10.5. The third-order valence-electron chi connectivity index (χ3n) is 3.19. The molecule has 6 heteroatoms. The van der Waals surface area contributed by atoms with E-state index in [1.807, 2.05) is 19.0 Å². The zero-order valence-corrected chi connectivity index (χ0v) is 13.0. The van der Waals surface area contributed by atoms with E-state index >= 15 is 0 Å². The van der Waals surface area contributed by atoms with Crippen LogP contribution in [0, 0.1) is 0 Å². The van der Waals surface area contributed by atoms with E-state index in [1.54, 1.807) is 18.3 Å². The van der Waals surface area contributed by atoms with Crippen LogP contribution in [0.2, 0.25) is 0 Å². The molecule has 0 aliphatic rings. The fourth-order valence-electron chi connectivity index (χ4n) is 2.26. The Morgan fingerprint density at radius 1 is 1.32 bits per heavy atom. The fraction of sp³-hybridized carbons (Fsp3) is 0.312. The van der Waals surface area contributed by atoms with Crippen LogP contribution < -0.4 is 9.47 Å². The summed E-state index contributed by atoms with van der Waals surface area (Å²) in [6, 6.07) is 1.67. The second kappa shape index (κ2) is 6.43. The Bertz CT molecular complexity index is 715. The largest absolute Gasteiger partial charge is 0.504 e. The number of aromatic hydroxyl groups is 1. The van der Waals surface area contributed by atoms with Gasteiger partial charge in [-0.2, -0.15) is 0 Å². The first-order valence-electron chi connectivity index (χ1n) is 6.71. The number of phenolic OH excluding ortho intramolecular Hbond substituents is 1. The van der Waals surface area contributed by atoms with E-state index < -0.39 is 0 Å². The van der Waals surface area contributed by atoms with Crippen molar-refractivity contribution in [2.75, 3.05) is 28.3 Å². The fourth-order valence-corrected chi connectivity index (χ4v) is 2.26. The van der Waals surface area contributed by atoms with Crippen LogP contribution >= 0.6 is 0 Å². The van der Waals surface area contributed by atoms with Crippen molar-refractivity contribution in [1.82, 2.24) is 4.90 Å². The predicted molar refractivity (Wildman–Crippen MR) is 82.8 cm³/mol.